The van der Waals surface area contributed by atoms with Gasteiger partial charge in [0.1, 0.15) is 11.5 Å². The van der Waals surface area contributed by atoms with Gasteiger partial charge in [0.2, 0.25) is 0 Å². The quantitative estimate of drug-likeness (QED) is 0.255. The van der Waals surface area contributed by atoms with Gasteiger partial charge in [-0.25, -0.2) is 4.79 Å². The molecule has 0 saturated heterocycles. The fourth-order valence-electron chi connectivity index (χ4n) is 1.73. The van der Waals surface area contributed by atoms with Crippen LogP contribution in [0.4, 0.5) is 0 Å². The first-order chi connectivity index (χ1) is 10.7. The van der Waals surface area contributed by atoms with Gasteiger partial charge in [-0.05, 0) is 38.3 Å². The average molecular weight is 375 g/mol. The van der Waals surface area contributed by atoms with Gasteiger partial charge in [0.05, 0.1) is 19.3 Å². The minimum atomic E-state index is -0.425. The van der Waals surface area contributed by atoms with Crippen LogP contribution in [0.3, 0.4) is 0 Å². The summed E-state index contributed by atoms with van der Waals surface area (Å²) in [7, 11) is 1.34. The Morgan fingerprint density at radius 1 is 1.09 bits per heavy atom. The molecule has 0 aromatic heterocycles. The Kier molecular flexibility index (Phi) is 9.66. The number of hydrogen-bond donors (Lipinski definition) is 0. The van der Waals surface area contributed by atoms with Crippen molar-refractivity contribution in [3.63, 3.8) is 0 Å². The number of unbranched alkanes of at least 4 members (excludes halogenated alkanes) is 2. The largest absolute Gasteiger partial charge is 0.493 e. The Bertz CT molecular complexity index is 450. The zero-order valence-electron chi connectivity index (χ0n) is 13.1. The highest BCUT2D eigenvalue weighted by atomic mass is 79.9. The van der Waals surface area contributed by atoms with E-state index in [1.807, 2.05) is 6.92 Å². The first-order valence-electron chi connectivity index (χ1n) is 7.34. The van der Waals surface area contributed by atoms with Crippen LogP contribution in [0, 0.1) is 0 Å². The summed E-state index contributed by atoms with van der Waals surface area (Å²) in [6, 6.07) is 5.02. The van der Waals surface area contributed by atoms with Gasteiger partial charge in [0.25, 0.3) is 0 Å². The minimum absolute atomic E-state index is 0.131. The number of carbonyl (C=O) groups excluding carboxylic acids is 1. The monoisotopic (exact) mass is 374 g/mol. The van der Waals surface area contributed by atoms with Crippen molar-refractivity contribution in [3.8, 4) is 11.5 Å². The Morgan fingerprint density at radius 2 is 1.82 bits per heavy atom. The van der Waals surface area contributed by atoms with Gasteiger partial charge >= 0.3 is 5.97 Å². The summed E-state index contributed by atoms with van der Waals surface area (Å²) in [4.78, 5) is 11.7. The van der Waals surface area contributed by atoms with E-state index >= 15 is 0 Å². The minimum Gasteiger partial charge on any atom is -0.493 e. The van der Waals surface area contributed by atoms with Crippen molar-refractivity contribution in [1.29, 1.82) is 0 Å². The molecule has 0 fully saturated rings. The molecule has 0 heterocycles. The van der Waals surface area contributed by atoms with Gasteiger partial charge in [-0.2, -0.15) is 0 Å². The number of ether oxygens (including phenoxy) is 4. The molecule has 0 bridgehead atoms. The lowest BCUT2D eigenvalue weighted by atomic mass is 10.2. The summed E-state index contributed by atoms with van der Waals surface area (Å²) >= 11 is 3.40. The molecule has 0 atom stereocenters. The number of benzene rings is 1. The summed E-state index contributed by atoms with van der Waals surface area (Å²) in [5, 5.41) is 1.00. The van der Waals surface area contributed by atoms with Crippen LogP contribution in [-0.2, 0) is 9.47 Å². The van der Waals surface area contributed by atoms with Crippen molar-refractivity contribution < 1.29 is 23.7 Å². The number of carbonyl (C=O) groups is 1. The van der Waals surface area contributed by atoms with Crippen molar-refractivity contribution >= 4 is 21.9 Å². The molecule has 124 valence electrons. The Hall–Kier alpha value is -1.27. The molecule has 0 aliphatic heterocycles. The van der Waals surface area contributed by atoms with Gasteiger partial charge in [-0.15, -0.1) is 0 Å². The fourth-order valence-corrected chi connectivity index (χ4v) is 2.13. The predicted octanol–water partition coefficient (Wildman–Crippen LogP) is 3.79. The van der Waals surface area contributed by atoms with Gasteiger partial charge in [-0.1, -0.05) is 15.9 Å². The average Bonchev–Trinajstić information content (AvgIpc) is 2.54. The van der Waals surface area contributed by atoms with Crippen LogP contribution >= 0.6 is 15.9 Å². The SMILES string of the molecule is CCOCOc1cc(OCCCCCBr)cc(C(=O)OC)c1. The van der Waals surface area contributed by atoms with Crippen LogP contribution in [0.1, 0.15) is 36.5 Å². The van der Waals surface area contributed by atoms with Crippen molar-refractivity contribution in [2.45, 2.75) is 26.2 Å². The van der Waals surface area contributed by atoms with E-state index in [-0.39, 0.29) is 6.79 Å². The topological polar surface area (TPSA) is 54.0 Å². The highest BCUT2D eigenvalue weighted by molar-refractivity contribution is 9.09. The second-order valence-corrected chi connectivity index (χ2v) is 5.33. The maximum atomic E-state index is 11.7. The number of halogens is 1. The summed E-state index contributed by atoms with van der Waals surface area (Å²) in [5.74, 6) is 0.686. The first-order valence-corrected chi connectivity index (χ1v) is 8.46. The van der Waals surface area contributed by atoms with Crippen LogP contribution in [0.5, 0.6) is 11.5 Å². The van der Waals surface area contributed by atoms with Crippen LogP contribution < -0.4 is 9.47 Å². The van der Waals surface area contributed by atoms with E-state index in [0.29, 0.717) is 30.3 Å². The second kappa shape index (κ2) is 11.3. The molecule has 1 rings (SSSR count). The van der Waals surface area contributed by atoms with E-state index in [4.69, 9.17) is 18.9 Å². The van der Waals surface area contributed by atoms with E-state index in [9.17, 15) is 4.79 Å². The lowest BCUT2D eigenvalue weighted by Gasteiger charge is -2.11. The molecule has 0 radical (unpaired) electrons. The molecule has 22 heavy (non-hydrogen) atoms. The normalized spacial score (nSPS) is 10.3. The van der Waals surface area contributed by atoms with Gasteiger partial charge < -0.3 is 18.9 Å². The van der Waals surface area contributed by atoms with Crippen molar-refractivity contribution in [3.05, 3.63) is 23.8 Å². The number of alkyl halides is 1. The standard InChI is InChI=1S/C16H23BrO5/c1-3-20-12-22-15-10-13(16(18)19-2)9-14(11-15)21-8-6-4-5-7-17/h9-11H,3-8,12H2,1-2H3. The molecule has 0 N–H and O–H groups in total. The Balaban J connectivity index is 2.67. The summed E-state index contributed by atoms with van der Waals surface area (Å²) < 4.78 is 21.0. The summed E-state index contributed by atoms with van der Waals surface area (Å²) in [6.45, 7) is 3.18. The number of esters is 1. The van der Waals surface area contributed by atoms with E-state index in [1.165, 1.54) is 7.11 Å². The lowest BCUT2D eigenvalue weighted by Crippen LogP contribution is -2.06. The Labute approximate surface area is 140 Å². The highest BCUT2D eigenvalue weighted by Gasteiger charge is 2.10. The molecule has 6 heteroatoms. The highest BCUT2D eigenvalue weighted by Crippen LogP contribution is 2.24. The van der Waals surface area contributed by atoms with E-state index in [1.54, 1.807) is 18.2 Å². The van der Waals surface area contributed by atoms with Crippen LogP contribution in [0.25, 0.3) is 0 Å². The van der Waals surface area contributed by atoms with Gasteiger partial charge in [0.15, 0.2) is 6.79 Å². The predicted molar refractivity (Wildman–Crippen MR) is 88.0 cm³/mol. The zero-order valence-corrected chi connectivity index (χ0v) is 14.7. The molecule has 0 aliphatic rings. The third kappa shape index (κ3) is 7.13. The van der Waals surface area contributed by atoms with Crippen molar-refractivity contribution in [1.82, 2.24) is 0 Å². The summed E-state index contributed by atoms with van der Waals surface area (Å²) in [5.41, 5.74) is 0.395. The second-order valence-electron chi connectivity index (χ2n) is 4.54. The van der Waals surface area contributed by atoms with E-state index < -0.39 is 5.97 Å². The molecule has 0 unspecified atom stereocenters. The molecule has 0 aliphatic carbocycles. The molecule has 0 saturated carbocycles. The number of rotatable bonds is 11. The first kappa shape index (κ1) is 18.8. The van der Waals surface area contributed by atoms with E-state index in [2.05, 4.69) is 15.9 Å². The maximum Gasteiger partial charge on any atom is 0.338 e. The molecule has 5 nitrogen and oxygen atoms in total. The van der Waals surface area contributed by atoms with Crippen LogP contribution in [-0.4, -0.2) is 38.4 Å². The summed E-state index contributed by atoms with van der Waals surface area (Å²) in [6.07, 6.45) is 3.17. The maximum absolute atomic E-state index is 11.7. The fraction of sp³-hybridized carbons (Fsp3) is 0.562. The lowest BCUT2D eigenvalue weighted by molar-refractivity contribution is 0.0221. The van der Waals surface area contributed by atoms with Crippen molar-refractivity contribution in [2.24, 2.45) is 0 Å². The molecule has 0 amide bonds. The van der Waals surface area contributed by atoms with E-state index in [0.717, 1.165) is 24.6 Å². The van der Waals surface area contributed by atoms with Gasteiger partial charge in [0, 0.05) is 18.0 Å². The van der Waals surface area contributed by atoms with Crippen LogP contribution in [0.15, 0.2) is 18.2 Å². The molecular weight excluding hydrogens is 352 g/mol. The molecule has 1 aromatic rings. The molecule has 0 spiro atoms. The zero-order chi connectivity index (χ0) is 16.2. The smallest absolute Gasteiger partial charge is 0.338 e. The van der Waals surface area contributed by atoms with Crippen molar-refractivity contribution in [2.75, 3.05) is 32.4 Å². The van der Waals surface area contributed by atoms with Crippen LogP contribution in [0.2, 0.25) is 0 Å². The number of hydrogen-bond acceptors (Lipinski definition) is 5. The van der Waals surface area contributed by atoms with Gasteiger partial charge in [-0.3, -0.25) is 0 Å². The third-order valence-electron chi connectivity index (χ3n) is 2.86. The Morgan fingerprint density at radius 3 is 2.45 bits per heavy atom. The molecule has 1 aromatic carbocycles. The number of methoxy groups -OCH3 is 1. The molecular formula is C16H23BrO5. The third-order valence-corrected chi connectivity index (χ3v) is 3.42.